The third-order valence-corrected chi connectivity index (χ3v) is 2.80. The molecule has 1 saturated heterocycles. The van der Waals surface area contributed by atoms with Crippen LogP contribution in [0.1, 0.15) is 18.5 Å². The first kappa shape index (κ1) is 11.6. The van der Waals surface area contributed by atoms with E-state index in [2.05, 4.69) is 5.32 Å². The van der Waals surface area contributed by atoms with E-state index in [9.17, 15) is 14.0 Å². The summed E-state index contributed by atoms with van der Waals surface area (Å²) < 4.78 is 13.6. The Bertz CT molecular complexity index is 462. The molecule has 2 rings (SSSR count). The van der Waals surface area contributed by atoms with Crippen molar-refractivity contribution in [2.24, 2.45) is 0 Å². The van der Waals surface area contributed by atoms with Crippen molar-refractivity contribution in [3.8, 4) is 0 Å². The van der Waals surface area contributed by atoms with E-state index in [0.29, 0.717) is 6.54 Å². The fourth-order valence-electron chi connectivity index (χ4n) is 1.89. The second-order valence-electron chi connectivity index (χ2n) is 3.87. The minimum absolute atomic E-state index is 0.0420. The number of carbonyl (C=O) groups excluding carboxylic acids is 2. The second kappa shape index (κ2) is 4.53. The first-order chi connectivity index (χ1) is 8.13. The number of piperazine rings is 1. The number of hydrogen-bond acceptors (Lipinski definition) is 2. The molecule has 1 fully saturated rings. The Kier molecular flexibility index (Phi) is 3.08. The van der Waals surface area contributed by atoms with Gasteiger partial charge in [-0.05, 0) is 13.0 Å². The number of nitrogens with one attached hydrogen (secondary N) is 1. The number of likely N-dealkylation sites (N-methyl/N-ethyl adjacent to an activating group) is 1. The molecule has 5 heteroatoms. The van der Waals surface area contributed by atoms with Crippen LogP contribution in [0.2, 0.25) is 0 Å². The second-order valence-corrected chi connectivity index (χ2v) is 3.87. The van der Waals surface area contributed by atoms with Gasteiger partial charge in [0.1, 0.15) is 11.9 Å². The predicted molar refractivity (Wildman–Crippen MR) is 59.5 cm³/mol. The van der Waals surface area contributed by atoms with Gasteiger partial charge >= 0.3 is 0 Å². The molecule has 1 atom stereocenters. The summed E-state index contributed by atoms with van der Waals surface area (Å²) in [6.45, 7) is 2.27. The Labute approximate surface area is 98.4 Å². The van der Waals surface area contributed by atoms with Gasteiger partial charge in [0.2, 0.25) is 11.8 Å². The van der Waals surface area contributed by atoms with Crippen molar-refractivity contribution in [2.75, 3.05) is 13.1 Å². The zero-order chi connectivity index (χ0) is 12.4. The van der Waals surface area contributed by atoms with E-state index in [1.165, 1.54) is 17.0 Å². The lowest BCUT2D eigenvalue weighted by molar-refractivity contribution is -0.144. The summed E-state index contributed by atoms with van der Waals surface area (Å²) in [5, 5.41) is 2.52. The van der Waals surface area contributed by atoms with E-state index in [1.807, 2.05) is 0 Å². The van der Waals surface area contributed by atoms with Crippen LogP contribution in [0.5, 0.6) is 0 Å². The highest BCUT2D eigenvalue weighted by atomic mass is 19.1. The van der Waals surface area contributed by atoms with E-state index in [4.69, 9.17) is 0 Å². The van der Waals surface area contributed by atoms with Crippen molar-refractivity contribution >= 4 is 11.8 Å². The molecule has 1 unspecified atom stereocenters. The van der Waals surface area contributed by atoms with Crippen LogP contribution in [-0.2, 0) is 9.59 Å². The van der Waals surface area contributed by atoms with E-state index < -0.39 is 11.9 Å². The molecule has 0 bridgehead atoms. The van der Waals surface area contributed by atoms with Crippen molar-refractivity contribution in [1.82, 2.24) is 10.2 Å². The lowest BCUT2D eigenvalue weighted by Gasteiger charge is -2.32. The molecule has 4 nitrogen and oxygen atoms in total. The van der Waals surface area contributed by atoms with Crippen LogP contribution in [0.15, 0.2) is 24.3 Å². The van der Waals surface area contributed by atoms with Crippen molar-refractivity contribution in [2.45, 2.75) is 13.0 Å². The van der Waals surface area contributed by atoms with Gasteiger partial charge < -0.3 is 10.2 Å². The summed E-state index contributed by atoms with van der Waals surface area (Å²) in [5.41, 5.74) is 0.212. The van der Waals surface area contributed by atoms with Crippen LogP contribution in [-0.4, -0.2) is 29.8 Å². The highest BCUT2D eigenvalue weighted by Crippen LogP contribution is 2.21. The summed E-state index contributed by atoms with van der Waals surface area (Å²) in [7, 11) is 0. The highest BCUT2D eigenvalue weighted by molar-refractivity contribution is 5.95. The van der Waals surface area contributed by atoms with E-state index in [1.54, 1.807) is 19.1 Å². The molecule has 1 aliphatic rings. The van der Waals surface area contributed by atoms with Crippen molar-refractivity contribution in [3.63, 3.8) is 0 Å². The number of rotatable bonds is 2. The van der Waals surface area contributed by atoms with Crippen LogP contribution < -0.4 is 5.32 Å². The van der Waals surface area contributed by atoms with Gasteiger partial charge in [0.05, 0.1) is 6.54 Å². The van der Waals surface area contributed by atoms with Gasteiger partial charge in [0.15, 0.2) is 0 Å². The molecule has 1 aromatic rings. The molecule has 0 saturated carbocycles. The number of hydrogen-bond donors (Lipinski definition) is 1. The first-order valence-electron chi connectivity index (χ1n) is 5.46. The van der Waals surface area contributed by atoms with Crippen LogP contribution in [0, 0.1) is 5.82 Å². The topological polar surface area (TPSA) is 49.4 Å². The number of nitrogens with zero attached hydrogens (tertiary/aromatic N) is 1. The van der Waals surface area contributed by atoms with Crippen molar-refractivity contribution < 1.29 is 14.0 Å². The molecule has 90 valence electrons. The van der Waals surface area contributed by atoms with Crippen molar-refractivity contribution in [1.29, 1.82) is 0 Å². The molecule has 1 N–H and O–H groups in total. The van der Waals surface area contributed by atoms with Gasteiger partial charge in [-0.25, -0.2) is 4.39 Å². The fourth-order valence-corrected chi connectivity index (χ4v) is 1.89. The minimum atomic E-state index is -0.905. The fraction of sp³-hybridized carbons (Fsp3) is 0.333. The Morgan fingerprint density at radius 3 is 2.76 bits per heavy atom. The monoisotopic (exact) mass is 236 g/mol. The molecule has 0 radical (unpaired) electrons. The minimum Gasteiger partial charge on any atom is -0.339 e. The lowest BCUT2D eigenvalue weighted by atomic mass is 10.0. The Hall–Kier alpha value is -1.91. The number of carbonyl (C=O) groups is 2. The summed E-state index contributed by atoms with van der Waals surface area (Å²) in [5.74, 6) is -1.01. The van der Waals surface area contributed by atoms with E-state index in [0.717, 1.165) is 0 Å². The van der Waals surface area contributed by atoms with Gasteiger partial charge in [-0.3, -0.25) is 9.59 Å². The molecule has 0 aliphatic carbocycles. The number of amides is 2. The van der Waals surface area contributed by atoms with E-state index in [-0.39, 0.29) is 23.9 Å². The molecular weight excluding hydrogens is 223 g/mol. The van der Waals surface area contributed by atoms with Gasteiger partial charge in [-0.1, -0.05) is 18.2 Å². The first-order valence-corrected chi connectivity index (χ1v) is 5.46. The largest absolute Gasteiger partial charge is 0.339 e. The molecular formula is C12H13FN2O2. The molecule has 0 aromatic heterocycles. The number of benzene rings is 1. The maximum absolute atomic E-state index is 13.6. The van der Waals surface area contributed by atoms with Crippen LogP contribution in [0.3, 0.4) is 0 Å². The predicted octanol–water partition coefficient (Wildman–Crippen LogP) is 0.845. The quantitative estimate of drug-likeness (QED) is 0.827. The maximum Gasteiger partial charge on any atom is 0.250 e. The van der Waals surface area contributed by atoms with Gasteiger partial charge in [-0.15, -0.1) is 0 Å². The highest BCUT2D eigenvalue weighted by Gasteiger charge is 2.34. The molecule has 2 amide bonds. The van der Waals surface area contributed by atoms with Crippen LogP contribution in [0.25, 0.3) is 0 Å². The van der Waals surface area contributed by atoms with Gasteiger partial charge in [0.25, 0.3) is 0 Å². The summed E-state index contributed by atoms with van der Waals surface area (Å²) in [6.07, 6.45) is 0. The standard InChI is InChI=1S/C12H13FN2O2/c1-2-15-7-10(16)14-11(12(15)17)8-5-3-4-6-9(8)13/h3-6,11H,2,7H2,1H3,(H,14,16). The molecule has 1 heterocycles. The SMILES string of the molecule is CCN1CC(=O)NC(c2ccccc2F)C1=O. The van der Waals surface area contributed by atoms with Crippen LogP contribution in [0.4, 0.5) is 4.39 Å². The average molecular weight is 236 g/mol. The van der Waals surface area contributed by atoms with E-state index >= 15 is 0 Å². The van der Waals surface area contributed by atoms with Gasteiger partial charge in [-0.2, -0.15) is 0 Å². The Balaban J connectivity index is 2.34. The smallest absolute Gasteiger partial charge is 0.250 e. The lowest BCUT2D eigenvalue weighted by Crippen LogP contribution is -2.53. The normalized spacial score (nSPS) is 20.4. The van der Waals surface area contributed by atoms with Gasteiger partial charge in [0, 0.05) is 12.1 Å². The molecule has 17 heavy (non-hydrogen) atoms. The summed E-state index contributed by atoms with van der Waals surface area (Å²) in [6, 6.07) is 5.07. The zero-order valence-electron chi connectivity index (χ0n) is 9.44. The summed E-state index contributed by atoms with van der Waals surface area (Å²) >= 11 is 0. The third kappa shape index (κ3) is 2.13. The molecule has 0 spiro atoms. The maximum atomic E-state index is 13.6. The molecule has 1 aromatic carbocycles. The summed E-state index contributed by atoms with van der Waals surface area (Å²) in [4.78, 5) is 24.9. The molecule has 1 aliphatic heterocycles. The number of halogens is 1. The average Bonchev–Trinajstić information content (AvgIpc) is 2.32. The van der Waals surface area contributed by atoms with Crippen LogP contribution >= 0.6 is 0 Å². The van der Waals surface area contributed by atoms with Crippen molar-refractivity contribution in [3.05, 3.63) is 35.6 Å². The third-order valence-electron chi connectivity index (χ3n) is 2.80. The Morgan fingerprint density at radius 1 is 1.41 bits per heavy atom. The zero-order valence-corrected chi connectivity index (χ0v) is 9.44. The Morgan fingerprint density at radius 2 is 2.12 bits per heavy atom.